The summed E-state index contributed by atoms with van der Waals surface area (Å²) in [6.45, 7) is 0. The SMILES string of the molecule is CN(C)C1CCc2[nH]c3ccc(NC(=O)c4ccc5[nH]ccc5c4)cc3c2C1. The van der Waals surface area contributed by atoms with Gasteiger partial charge in [-0.25, -0.2) is 0 Å². The van der Waals surface area contributed by atoms with Crippen molar-refractivity contribution < 1.29 is 4.79 Å². The third kappa shape index (κ3) is 2.88. The molecule has 0 fully saturated rings. The minimum Gasteiger partial charge on any atom is -0.361 e. The number of hydrogen-bond donors (Lipinski definition) is 3. The van der Waals surface area contributed by atoms with Crippen molar-refractivity contribution in [3.05, 3.63) is 65.5 Å². The van der Waals surface area contributed by atoms with Crippen LogP contribution < -0.4 is 5.32 Å². The highest BCUT2D eigenvalue weighted by atomic mass is 16.1. The quantitative estimate of drug-likeness (QED) is 0.501. The Labute approximate surface area is 163 Å². The minimum atomic E-state index is -0.0852. The number of carbonyl (C=O) groups is 1. The molecule has 2 heterocycles. The fourth-order valence-electron chi connectivity index (χ4n) is 4.31. The first-order valence-electron chi connectivity index (χ1n) is 9.77. The Hall–Kier alpha value is -3.05. The first-order valence-corrected chi connectivity index (χ1v) is 9.77. The number of amides is 1. The van der Waals surface area contributed by atoms with Crippen LogP contribution in [0.25, 0.3) is 21.8 Å². The van der Waals surface area contributed by atoms with E-state index in [1.54, 1.807) is 0 Å². The summed E-state index contributed by atoms with van der Waals surface area (Å²) in [6.07, 6.45) is 5.18. The van der Waals surface area contributed by atoms with Gasteiger partial charge in [-0.15, -0.1) is 0 Å². The van der Waals surface area contributed by atoms with Gasteiger partial charge in [0.05, 0.1) is 0 Å². The number of hydrogen-bond acceptors (Lipinski definition) is 2. The molecule has 2 aromatic heterocycles. The molecule has 5 rings (SSSR count). The lowest BCUT2D eigenvalue weighted by atomic mass is 9.91. The van der Waals surface area contributed by atoms with Crippen LogP contribution in [-0.2, 0) is 12.8 Å². The van der Waals surface area contributed by atoms with Gasteiger partial charge < -0.3 is 20.2 Å². The third-order valence-electron chi connectivity index (χ3n) is 5.97. The molecule has 1 aliphatic rings. The van der Waals surface area contributed by atoms with Crippen molar-refractivity contribution in [2.24, 2.45) is 0 Å². The predicted molar refractivity (Wildman–Crippen MR) is 114 cm³/mol. The fraction of sp³-hybridized carbons (Fsp3) is 0.261. The lowest BCUT2D eigenvalue weighted by Crippen LogP contribution is -2.33. The summed E-state index contributed by atoms with van der Waals surface area (Å²) in [4.78, 5) is 21.8. The van der Waals surface area contributed by atoms with Crippen molar-refractivity contribution in [2.45, 2.75) is 25.3 Å². The van der Waals surface area contributed by atoms with E-state index in [1.165, 1.54) is 23.1 Å². The molecule has 4 aromatic rings. The molecule has 5 heteroatoms. The van der Waals surface area contributed by atoms with E-state index in [0.29, 0.717) is 11.6 Å². The zero-order valence-electron chi connectivity index (χ0n) is 16.2. The standard InChI is InChI=1S/C23H24N4O/c1-27(2)17-5-8-22-19(13-17)18-12-16(4-7-21(18)26-22)25-23(28)15-3-6-20-14(11-15)9-10-24-20/h3-4,6-7,9-12,17,24,26H,5,8,13H2,1-2H3,(H,25,28). The second-order valence-electron chi connectivity index (χ2n) is 7.94. The summed E-state index contributed by atoms with van der Waals surface area (Å²) in [6, 6.07) is 14.4. The Kier molecular flexibility index (Phi) is 3.98. The van der Waals surface area contributed by atoms with Gasteiger partial charge >= 0.3 is 0 Å². The Balaban J connectivity index is 1.44. The topological polar surface area (TPSA) is 63.9 Å². The zero-order valence-corrected chi connectivity index (χ0v) is 16.2. The number of anilines is 1. The highest BCUT2D eigenvalue weighted by Gasteiger charge is 2.24. The molecule has 0 radical (unpaired) electrons. The smallest absolute Gasteiger partial charge is 0.255 e. The summed E-state index contributed by atoms with van der Waals surface area (Å²) in [5.41, 5.74) is 6.42. The monoisotopic (exact) mass is 372 g/mol. The van der Waals surface area contributed by atoms with Crippen molar-refractivity contribution in [1.29, 1.82) is 0 Å². The minimum absolute atomic E-state index is 0.0852. The molecule has 0 saturated carbocycles. The molecular formula is C23H24N4O. The molecule has 0 spiro atoms. The van der Waals surface area contributed by atoms with Gasteiger partial charge in [0, 0.05) is 51.0 Å². The first kappa shape index (κ1) is 17.1. The van der Waals surface area contributed by atoms with E-state index in [4.69, 9.17) is 0 Å². The van der Waals surface area contributed by atoms with Crippen molar-refractivity contribution >= 4 is 33.4 Å². The largest absolute Gasteiger partial charge is 0.361 e. The van der Waals surface area contributed by atoms with E-state index in [2.05, 4.69) is 46.4 Å². The molecule has 0 bridgehead atoms. The fourth-order valence-corrected chi connectivity index (χ4v) is 4.31. The van der Waals surface area contributed by atoms with Crippen molar-refractivity contribution in [1.82, 2.24) is 14.9 Å². The van der Waals surface area contributed by atoms with E-state index >= 15 is 0 Å². The van der Waals surface area contributed by atoms with Crippen molar-refractivity contribution in [3.63, 3.8) is 0 Å². The molecule has 0 saturated heterocycles. The van der Waals surface area contributed by atoms with E-state index in [9.17, 15) is 4.79 Å². The van der Waals surface area contributed by atoms with Gasteiger partial charge in [0.15, 0.2) is 0 Å². The van der Waals surface area contributed by atoms with Gasteiger partial charge in [0.1, 0.15) is 0 Å². The third-order valence-corrected chi connectivity index (χ3v) is 5.97. The van der Waals surface area contributed by atoms with E-state index in [1.807, 2.05) is 36.5 Å². The maximum atomic E-state index is 12.7. The van der Waals surface area contributed by atoms with E-state index < -0.39 is 0 Å². The molecule has 1 atom stereocenters. The number of likely N-dealkylation sites (N-methyl/N-ethyl adjacent to an activating group) is 1. The normalized spacial score (nSPS) is 16.6. The van der Waals surface area contributed by atoms with Gasteiger partial charge in [-0.2, -0.15) is 0 Å². The summed E-state index contributed by atoms with van der Waals surface area (Å²) in [5.74, 6) is -0.0852. The molecule has 1 amide bonds. The second kappa shape index (κ2) is 6.53. The zero-order chi connectivity index (χ0) is 19.3. The highest BCUT2D eigenvalue weighted by Crippen LogP contribution is 2.32. The lowest BCUT2D eigenvalue weighted by Gasteiger charge is -2.28. The number of aryl methyl sites for hydroxylation is 1. The van der Waals surface area contributed by atoms with Crippen LogP contribution in [0.4, 0.5) is 5.69 Å². The average Bonchev–Trinajstić information content (AvgIpc) is 3.30. The first-order chi connectivity index (χ1) is 13.6. The average molecular weight is 372 g/mol. The Morgan fingerprint density at radius 3 is 2.82 bits per heavy atom. The highest BCUT2D eigenvalue weighted by molar-refractivity contribution is 6.07. The summed E-state index contributed by atoms with van der Waals surface area (Å²) in [7, 11) is 4.30. The van der Waals surface area contributed by atoms with Gasteiger partial charge in [-0.05, 0) is 81.4 Å². The number of benzene rings is 2. The van der Waals surface area contributed by atoms with Gasteiger partial charge in [-0.3, -0.25) is 4.79 Å². The number of rotatable bonds is 3. The summed E-state index contributed by atoms with van der Waals surface area (Å²) < 4.78 is 0. The summed E-state index contributed by atoms with van der Waals surface area (Å²) in [5, 5.41) is 5.33. The van der Waals surface area contributed by atoms with Crippen molar-refractivity contribution in [2.75, 3.05) is 19.4 Å². The molecule has 1 unspecified atom stereocenters. The molecular weight excluding hydrogens is 348 g/mol. The molecule has 2 aromatic carbocycles. The maximum absolute atomic E-state index is 12.7. The number of aromatic amines is 2. The Morgan fingerprint density at radius 2 is 1.96 bits per heavy atom. The molecule has 28 heavy (non-hydrogen) atoms. The van der Waals surface area contributed by atoms with Crippen LogP contribution in [0.2, 0.25) is 0 Å². The van der Waals surface area contributed by atoms with Crippen LogP contribution in [0, 0.1) is 0 Å². The lowest BCUT2D eigenvalue weighted by molar-refractivity contribution is 0.102. The van der Waals surface area contributed by atoms with Gasteiger partial charge in [0.25, 0.3) is 5.91 Å². The van der Waals surface area contributed by atoms with Crippen LogP contribution in [0.5, 0.6) is 0 Å². The predicted octanol–water partition coefficient (Wildman–Crippen LogP) is 4.32. The molecule has 1 aliphatic carbocycles. The number of fused-ring (bicyclic) bond motifs is 4. The summed E-state index contributed by atoms with van der Waals surface area (Å²) >= 11 is 0. The number of aromatic nitrogens is 2. The molecule has 3 N–H and O–H groups in total. The number of carbonyl (C=O) groups excluding carboxylic acids is 1. The van der Waals surface area contributed by atoms with Crippen LogP contribution in [0.15, 0.2) is 48.7 Å². The molecule has 142 valence electrons. The van der Waals surface area contributed by atoms with Gasteiger partial charge in [0.2, 0.25) is 0 Å². The second-order valence-corrected chi connectivity index (χ2v) is 7.94. The van der Waals surface area contributed by atoms with Crippen LogP contribution in [0.1, 0.15) is 28.0 Å². The number of nitrogens with zero attached hydrogens (tertiary/aromatic N) is 1. The van der Waals surface area contributed by atoms with Crippen LogP contribution in [-0.4, -0.2) is 40.9 Å². The number of H-pyrrole nitrogens is 2. The molecule has 5 nitrogen and oxygen atoms in total. The van der Waals surface area contributed by atoms with Crippen LogP contribution >= 0.6 is 0 Å². The van der Waals surface area contributed by atoms with E-state index in [0.717, 1.165) is 34.9 Å². The Morgan fingerprint density at radius 1 is 1.11 bits per heavy atom. The molecule has 0 aliphatic heterocycles. The Bertz CT molecular complexity index is 1180. The van der Waals surface area contributed by atoms with E-state index in [-0.39, 0.29) is 5.91 Å². The van der Waals surface area contributed by atoms with Crippen molar-refractivity contribution in [3.8, 4) is 0 Å². The van der Waals surface area contributed by atoms with Gasteiger partial charge in [-0.1, -0.05) is 0 Å². The maximum Gasteiger partial charge on any atom is 0.255 e. The number of nitrogens with one attached hydrogen (secondary N) is 3. The van der Waals surface area contributed by atoms with Crippen LogP contribution in [0.3, 0.4) is 0 Å².